The highest BCUT2D eigenvalue weighted by molar-refractivity contribution is 5.77. The number of nitrogens with zero attached hydrogens (tertiary/aromatic N) is 6. The predicted molar refractivity (Wildman–Crippen MR) is 129 cm³/mol. The molecule has 2 fully saturated rings. The molecule has 9 nitrogen and oxygen atoms in total. The van der Waals surface area contributed by atoms with E-state index in [1.807, 2.05) is 18.2 Å². The molecule has 176 valence electrons. The Balaban J connectivity index is 1.30. The Hall–Kier alpha value is -3.51. The number of rotatable bonds is 7. The monoisotopic (exact) mass is 459 g/mol. The van der Waals surface area contributed by atoms with Crippen molar-refractivity contribution in [3.05, 3.63) is 46.5 Å². The summed E-state index contributed by atoms with van der Waals surface area (Å²) in [6, 6.07) is 7.35. The second-order valence-corrected chi connectivity index (χ2v) is 9.01. The topological polar surface area (TPSA) is 109 Å². The lowest BCUT2D eigenvalue weighted by atomic mass is 10.1. The average molecular weight is 460 g/mol. The summed E-state index contributed by atoms with van der Waals surface area (Å²) < 4.78 is 7.53. The second kappa shape index (κ2) is 10.2. The van der Waals surface area contributed by atoms with Gasteiger partial charge in [0.15, 0.2) is 0 Å². The zero-order valence-corrected chi connectivity index (χ0v) is 19.2. The summed E-state index contributed by atoms with van der Waals surface area (Å²) in [7, 11) is 0. The van der Waals surface area contributed by atoms with E-state index in [-0.39, 0.29) is 17.2 Å². The number of hydrogen-bond acceptors (Lipinski definition) is 8. The number of ether oxygens (including phenoxy) is 1. The molecule has 5 rings (SSSR count). The quantitative estimate of drug-likeness (QED) is 0.569. The van der Waals surface area contributed by atoms with Gasteiger partial charge >= 0.3 is 0 Å². The van der Waals surface area contributed by atoms with Crippen molar-refractivity contribution >= 4 is 22.8 Å². The molecule has 0 amide bonds. The molecule has 0 bridgehead atoms. The van der Waals surface area contributed by atoms with Gasteiger partial charge in [0.2, 0.25) is 5.95 Å². The summed E-state index contributed by atoms with van der Waals surface area (Å²) in [6.45, 7) is 3.89. The first-order valence-electron chi connectivity index (χ1n) is 12.1. The lowest BCUT2D eigenvalue weighted by molar-refractivity contribution is 0.183. The Bertz CT molecular complexity index is 1240. The third kappa shape index (κ3) is 4.87. The second-order valence-electron chi connectivity index (χ2n) is 9.01. The first kappa shape index (κ1) is 22.3. The standard InChI is InChI=1S/C25H29N7O2/c26-15-18-14-19-16-28-25(30-23(19)32(24(18)33)20-6-2-3-7-20)29-22-9-8-21(17-27-22)34-13-12-31-10-4-1-5-11-31/h8-9,14,16-17,20H,1-7,10-13H2,(H,27,28,29,30). The van der Waals surface area contributed by atoms with E-state index in [1.54, 1.807) is 23.0 Å². The molecule has 0 radical (unpaired) electrons. The number of nitrogens with one attached hydrogen (secondary N) is 1. The summed E-state index contributed by atoms with van der Waals surface area (Å²) in [6.07, 6.45) is 11.2. The van der Waals surface area contributed by atoms with Gasteiger partial charge in [-0.3, -0.25) is 14.3 Å². The van der Waals surface area contributed by atoms with Crippen molar-refractivity contribution in [3.8, 4) is 11.8 Å². The van der Waals surface area contributed by atoms with Crippen molar-refractivity contribution in [3.63, 3.8) is 0 Å². The van der Waals surface area contributed by atoms with Crippen molar-refractivity contribution in [2.45, 2.75) is 51.0 Å². The Morgan fingerprint density at radius 2 is 1.91 bits per heavy atom. The summed E-state index contributed by atoms with van der Waals surface area (Å²) >= 11 is 0. The predicted octanol–water partition coefficient (Wildman–Crippen LogP) is 3.78. The van der Waals surface area contributed by atoms with Crippen LogP contribution in [0.1, 0.15) is 56.6 Å². The van der Waals surface area contributed by atoms with Crippen LogP contribution in [0.2, 0.25) is 0 Å². The van der Waals surface area contributed by atoms with Crippen LogP contribution in [0.3, 0.4) is 0 Å². The van der Waals surface area contributed by atoms with Gasteiger partial charge in [0.05, 0.1) is 6.20 Å². The summed E-state index contributed by atoms with van der Waals surface area (Å²) in [5.74, 6) is 1.67. The molecule has 9 heteroatoms. The molecule has 1 N–H and O–H groups in total. The van der Waals surface area contributed by atoms with Crippen molar-refractivity contribution in [2.24, 2.45) is 0 Å². The minimum Gasteiger partial charge on any atom is -0.491 e. The Morgan fingerprint density at radius 3 is 2.65 bits per heavy atom. The van der Waals surface area contributed by atoms with Gasteiger partial charge in [-0.25, -0.2) is 9.97 Å². The van der Waals surface area contributed by atoms with E-state index in [4.69, 9.17) is 4.74 Å². The van der Waals surface area contributed by atoms with Crippen molar-refractivity contribution in [1.29, 1.82) is 5.26 Å². The molecule has 1 aliphatic carbocycles. The molecule has 0 atom stereocenters. The van der Waals surface area contributed by atoms with Crippen LogP contribution in [-0.2, 0) is 0 Å². The molecule has 3 aromatic heterocycles. The first-order chi connectivity index (χ1) is 16.7. The fourth-order valence-corrected chi connectivity index (χ4v) is 4.89. The maximum Gasteiger partial charge on any atom is 0.270 e. The Morgan fingerprint density at radius 1 is 1.09 bits per heavy atom. The molecule has 1 saturated carbocycles. The van der Waals surface area contributed by atoms with Crippen LogP contribution < -0.4 is 15.6 Å². The number of likely N-dealkylation sites (tertiary alicyclic amines) is 1. The van der Waals surface area contributed by atoms with Gasteiger partial charge < -0.3 is 10.1 Å². The number of pyridine rings is 2. The van der Waals surface area contributed by atoms with Crippen LogP contribution >= 0.6 is 0 Å². The van der Waals surface area contributed by atoms with Crippen molar-refractivity contribution < 1.29 is 4.74 Å². The highest BCUT2D eigenvalue weighted by atomic mass is 16.5. The van der Waals surface area contributed by atoms with Crippen LogP contribution in [0.5, 0.6) is 5.75 Å². The lowest BCUT2D eigenvalue weighted by Gasteiger charge is -2.26. The smallest absolute Gasteiger partial charge is 0.270 e. The average Bonchev–Trinajstić information content (AvgIpc) is 3.40. The molecular formula is C25H29N7O2. The fraction of sp³-hybridized carbons (Fsp3) is 0.480. The van der Waals surface area contributed by atoms with Crippen molar-refractivity contribution in [1.82, 2.24) is 24.4 Å². The van der Waals surface area contributed by atoms with E-state index in [1.165, 1.54) is 19.3 Å². The number of aromatic nitrogens is 4. The van der Waals surface area contributed by atoms with E-state index in [9.17, 15) is 10.1 Å². The summed E-state index contributed by atoms with van der Waals surface area (Å²) in [5.41, 5.74) is 0.392. The molecule has 0 aromatic carbocycles. The molecular weight excluding hydrogens is 430 g/mol. The lowest BCUT2D eigenvalue weighted by Crippen LogP contribution is -2.33. The molecule has 3 aromatic rings. The van der Waals surface area contributed by atoms with Crippen LogP contribution in [0.4, 0.5) is 11.8 Å². The number of hydrogen-bond donors (Lipinski definition) is 1. The van der Waals surface area contributed by atoms with E-state index < -0.39 is 0 Å². The Labute approximate surface area is 198 Å². The molecule has 2 aliphatic rings. The minimum atomic E-state index is -0.282. The van der Waals surface area contributed by atoms with E-state index in [0.29, 0.717) is 29.4 Å². The number of nitriles is 1. The van der Waals surface area contributed by atoms with Gasteiger partial charge in [-0.15, -0.1) is 0 Å². The highest BCUT2D eigenvalue weighted by Gasteiger charge is 2.22. The highest BCUT2D eigenvalue weighted by Crippen LogP contribution is 2.30. The van der Waals surface area contributed by atoms with Crippen LogP contribution in [-0.4, -0.2) is 50.7 Å². The Kier molecular flexibility index (Phi) is 6.67. The largest absolute Gasteiger partial charge is 0.491 e. The third-order valence-corrected chi connectivity index (χ3v) is 6.68. The molecule has 1 saturated heterocycles. The zero-order valence-electron chi connectivity index (χ0n) is 19.2. The first-order valence-corrected chi connectivity index (χ1v) is 12.1. The normalized spacial score (nSPS) is 17.0. The van der Waals surface area contributed by atoms with E-state index >= 15 is 0 Å². The van der Waals surface area contributed by atoms with E-state index in [2.05, 4.69) is 25.2 Å². The maximum absolute atomic E-state index is 12.9. The number of piperidine rings is 1. The SMILES string of the molecule is N#Cc1cc2cnc(Nc3ccc(OCCN4CCCCC4)cn3)nc2n(C2CCCC2)c1=O. The minimum absolute atomic E-state index is 0.0607. The molecule has 0 unspecified atom stereocenters. The van der Waals surface area contributed by atoms with E-state index in [0.717, 1.165) is 51.1 Å². The molecule has 0 spiro atoms. The van der Waals surface area contributed by atoms with Crippen LogP contribution in [0.15, 0.2) is 35.4 Å². The van der Waals surface area contributed by atoms with Gasteiger partial charge in [-0.2, -0.15) is 10.2 Å². The number of anilines is 2. The van der Waals surface area contributed by atoms with Crippen LogP contribution in [0, 0.1) is 11.3 Å². The molecule has 1 aliphatic heterocycles. The maximum atomic E-state index is 12.9. The molecule has 4 heterocycles. The summed E-state index contributed by atoms with van der Waals surface area (Å²) in [4.78, 5) is 28.8. The zero-order chi connectivity index (χ0) is 23.3. The van der Waals surface area contributed by atoms with Crippen LogP contribution in [0.25, 0.3) is 11.0 Å². The van der Waals surface area contributed by atoms with Gasteiger partial charge in [0.25, 0.3) is 5.56 Å². The van der Waals surface area contributed by atoms with Gasteiger partial charge in [-0.1, -0.05) is 19.3 Å². The molecule has 34 heavy (non-hydrogen) atoms. The fourth-order valence-electron chi connectivity index (χ4n) is 4.89. The number of fused-ring (bicyclic) bond motifs is 1. The van der Waals surface area contributed by atoms with Gasteiger partial charge in [0, 0.05) is 24.2 Å². The summed E-state index contributed by atoms with van der Waals surface area (Å²) in [5, 5.41) is 13.2. The van der Waals surface area contributed by atoms with Gasteiger partial charge in [0.1, 0.15) is 35.5 Å². The third-order valence-electron chi connectivity index (χ3n) is 6.68. The van der Waals surface area contributed by atoms with Crippen molar-refractivity contribution in [2.75, 3.05) is 31.6 Å². The van der Waals surface area contributed by atoms with Gasteiger partial charge in [-0.05, 0) is 57.0 Å².